The minimum absolute atomic E-state index is 0.0782. The van der Waals surface area contributed by atoms with Crippen molar-refractivity contribution in [1.82, 2.24) is 9.80 Å². The summed E-state index contributed by atoms with van der Waals surface area (Å²) in [6.45, 7) is 9.70. The van der Waals surface area contributed by atoms with E-state index in [0.29, 0.717) is 42.2 Å². The van der Waals surface area contributed by atoms with Crippen LogP contribution < -0.4 is 9.47 Å². The SMILES string of the molecule is CCN(CC)CCCN1C(=O)C(=O)C(=C(O)c2ccc(OCc3ccc(C)cc3)cc2)[C@@H]1c1cccc(OC)c1. The lowest BCUT2D eigenvalue weighted by molar-refractivity contribution is -0.140. The number of benzene rings is 3. The molecule has 0 bridgehead atoms. The molecule has 7 heteroatoms. The Bertz CT molecular complexity index is 1340. The number of amides is 1. The Morgan fingerprint density at radius 1 is 0.950 bits per heavy atom. The maximum Gasteiger partial charge on any atom is 0.295 e. The molecule has 3 aromatic rings. The van der Waals surface area contributed by atoms with E-state index in [1.165, 1.54) is 5.56 Å². The van der Waals surface area contributed by atoms with Gasteiger partial charge in [0.05, 0.1) is 18.7 Å². The lowest BCUT2D eigenvalue weighted by Gasteiger charge is -2.27. The number of ether oxygens (including phenoxy) is 2. The molecule has 210 valence electrons. The summed E-state index contributed by atoms with van der Waals surface area (Å²) < 4.78 is 11.3. The largest absolute Gasteiger partial charge is 0.507 e. The van der Waals surface area contributed by atoms with Gasteiger partial charge in [0, 0.05) is 12.1 Å². The predicted molar refractivity (Wildman–Crippen MR) is 156 cm³/mol. The van der Waals surface area contributed by atoms with Crippen LogP contribution >= 0.6 is 0 Å². The van der Waals surface area contributed by atoms with E-state index in [4.69, 9.17) is 9.47 Å². The van der Waals surface area contributed by atoms with Gasteiger partial charge in [-0.15, -0.1) is 0 Å². The number of rotatable bonds is 12. The maximum atomic E-state index is 13.4. The molecule has 1 fully saturated rings. The van der Waals surface area contributed by atoms with Gasteiger partial charge in [0.1, 0.15) is 23.9 Å². The first-order chi connectivity index (χ1) is 19.4. The highest BCUT2D eigenvalue weighted by Gasteiger charge is 2.45. The van der Waals surface area contributed by atoms with Crippen LogP contribution in [0.1, 0.15) is 48.6 Å². The number of nitrogens with zero attached hydrogens (tertiary/aromatic N) is 2. The van der Waals surface area contributed by atoms with E-state index in [0.717, 1.165) is 25.2 Å². The zero-order valence-corrected chi connectivity index (χ0v) is 23.7. The van der Waals surface area contributed by atoms with Gasteiger partial charge in [-0.05, 0) is 80.5 Å². The van der Waals surface area contributed by atoms with Crippen LogP contribution in [0.25, 0.3) is 5.76 Å². The summed E-state index contributed by atoms with van der Waals surface area (Å²) in [5.41, 5.74) is 3.47. The predicted octanol–water partition coefficient (Wildman–Crippen LogP) is 5.74. The van der Waals surface area contributed by atoms with E-state index in [9.17, 15) is 14.7 Å². The molecule has 1 aliphatic heterocycles. The molecule has 1 saturated heterocycles. The number of hydrogen-bond acceptors (Lipinski definition) is 6. The van der Waals surface area contributed by atoms with Crippen LogP contribution in [-0.2, 0) is 16.2 Å². The van der Waals surface area contributed by atoms with Gasteiger partial charge in [0.15, 0.2) is 0 Å². The topological polar surface area (TPSA) is 79.3 Å². The molecule has 1 amide bonds. The molecule has 4 rings (SSSR count). The quantitative estimate of drug-likeness (QED) is 0.179. The van der Waals surface area contributed by atoms with Crippen molar-refractivity contribution in [1.29, 1.82) is 0 Å². The fourth-order valence-electron chi connectivity index (χ4n) is 4.99. The molecule has 7 nitrogen and oxygen atoms in total. The van der Waals surface area contributed by atoms with Crippen molar-refractivity contribution < 1.29 is 24.2 Å². The molecule has 40 heavy (non-hydrogen) atoms. The summed E-state index contributed by atoms with van der Waals surface area (Å²) in [7, 11) is 1.57. The third kappa shape index (κ3) is 6.54. The number of aliphatic hydroxyl groups excluding tert-OH is 1. The lowest BCUT2D eigenvalue weighted by atomic mass is 9.95. The van der Waals surface area contributed by atoms with Crippen LogP contribution in [0.3, 0.4) is 0 Å². The van der Waals surface area contributed by atoms with E-state index in [1.807, 2.05) is 55.5 Å². The lowest BCUT2D eigenvalue weighted by Crippen LogP contribution is -2.33. The molecule has 1 N–H and O–H groups in total. The van der Waals surface area contributed by atoms with Crippen molar-refractivity contribution in [3.63, 3.8) is 0 Å². The summed E-state index contributed by atoms with van der Waals surface area (Å²) >= 11 is 0. The smallest absolute Gasteiger partial charge is 0.295 e. The fourth-order valence-corrected chi connectivity index (χ4v) is 4.99. The molecule has 1 aliphatic rings. The van der Waals surface area contributed by atoms with Crippen molar-refractivity contribution in [2.75, 3.05) is 33.3 Å². The van der Waals surface area contributed by atoms with Gasteiger partial charge < -0.3 is 24.4 Å². The number of Topliss-reactive ketones (excluding diaryl/α,β-unsaturated/α-hetero) is 1. The molecule has 0 aliphatic carbocycles. The van der Waals surface area contributed by atoms with Gasteiger partial charge in [0.25, 0.3) is 11.7 Å². The Balaban J connectivity index is 1.62. The van der Waals surface area contributed by atoms with E-state index < -0.39 is 17.7 Å². The number of aliphatic hydroxyl groups is 1. The van der Waals surface area contributed by atoms with Gasteiger partial charge in [-0.2, -0.15) is 0 Å². The van der Waals surface area contributed by atoms with Crippen LogP contribution in [0.4, 0.5) is 0 Å². The summed E-state index contributed by atoms with van der Waals surface area (Å²) in [6.07, 6.45) is 0.711. The first kappa shape index (κ1) is 28.9. The second kappa shape index (κ2) is 13.3. The molecule has 0 saturated carbocycles. The number of aryl methyl sites for hydroxylation is 1. The van der Waals surface area contributed by atoms with Crippen LogP contribution in [0.2, 0.25) is 0 Å². The number of hydrogen-bond donors (Lipinski definition) is 1. The molecule has 0 unspecified atom stereocenters. The summed E-state index contributed by atoms with van der Waals surface area (Å²) in [6, 6.07) is 21.6. The first-order valence-corrected chi connectivity index (χ1v) is 13.8. The van der Waals surface area contributed by atoms with Crippen molar-refractivity contribution in [3.05, 3.63) is 101 Å². The van der Waals surface area contributed by atoms with Crippen molar-refractivity contribution in [2.24, 2.45) is 0 Å². The van der Waals surface area contributed by atoms with E-state index in [1.54, 1.807) is 36.3 Å². The Morgan fingerprint density at radius 3 is 2.30 bits per heavy atom. The molecule has 3 aromatic carbocycles. The summed E-state index contributed by atoms with van der Waals surface area (Å²) in [5.74, 6) is -0.248. The number of carbonyl (C=O) groups is 2. The second-order valence-corrected chi connectivity index (χ2v) is 9.95. The highest BCUT2D eigenvalue weighted by atomic mass is 16.5. The highest BCUT2D eigenvalue weighted by Crippen LogP contribution is 2.40. The normalized spacial score (nSPS) is 16.5. The van der Waals surface area contributed by atoms with Crippen LogP contribution in [0.5, 0.6) is 11.5 Å². The van der Waals surface area contributed by atoms with Gasteiger partial charge >= 0.3 is 0 Å². The fraction of sp³-hybridized carbons (Fsp3) is 0.333. The maximum absolute atomic E-state index is 13.4. The molecule has 0 spiro atoms. The molecule has 1 atom stereocenters. The van der Waals surface area contributed by atoms with Gasteiger partial charge in [-0.1, -0.05) is 55.8 Å². The zero-order valence-electron chi connectivity index (χ0n) is 23.7. The van der Waals surface area contributed by atoms with Gasteiger partial charge in [0.2, 0.25) is 0 Å². The molecule has 0 radical (unpaired) electrons. The van der Waals surface area contributed by atoms with E-state index >= 15 is 0 Å². The number of ketones is 1. The number of likely N-dealkylation sites (tertiary alicyclic amines) is 1. The van der Waals surface area contributed by atoms with Crippen LogP contribution in [0.15, 0.2) is 78.4 Å². The molecule has 1 heterocycles. The summed E-state index contributed by atoms with van der Waals surface area (Å²) in [5, 5.41) is 11.4. The van der Waals surface area contributed by atoms with Gasteiger partial charge in [-0.3, -0.25) is 9.59 Å². The molecule has 0 aromatic heterocycles. The summed E-state index contributed by atoms with van der Waals surface area (Å²) in [4.78, 5) is 30.5. The Hall–Kier alpha value is -4.10. The van der Waals surface area contributed by atoms with Crippen molar-refractivity contribution in [3.8, 4) is 11.5 Å². The van der Waals surface area contributed by atoms with Gasteiger partial charge in [-0.25, -0.2) is 0 Å². The van der Waals surface area contributed by atoms with Crippen LogP contribution in [-0.4, -0.2) is 59.9 Å². The highest BCUT2D eigenvalue weighted by molar-refractivity contribution is 6.46. The van der Waals surface area contributed by atoms with E-state index in [2.05, 4.69) is 18.7 Å². The molecular formula is C33H38N2O5. The Kier molecular flexibility index (Phi) is 9.61. The van der Waals surface area contributed by atoms with E-state index in [-0.39, 0.29) is 11.3 Å². The Morgan fingerprint density at radius 2 is 1.65 bits per heavy atom. The standard InChI is InChI=1S/C33H38N2O5/c1-5-34(6-2)19-8-20-35-30(26-9-7-10-28(21-26)39-4)29(32(37)33(35)38)31(36)25-15-17-27(18-16-25)40-22-24-13-11-23(3)12-14-24/h7,9-18,21,30,36H,5-6,8,19-20,22H2,1-4H3/t30-/m0/s1. The molecular weight excluding hydrogens is 504 g/mol. The second-order valence-electron chi connectivity index (χ2n) is 9.95. The zero-order chi connectivity index (χ0) is 28.6. The first-order valence-electron chi connectivity index (χ1n) is 13.8. The minimum Gasteiger partial charge on any atom is -0.507 e. The van der Waals surface area contributed by atoms with Crippen molar-refractivity contribution >= 4 is 17.4 Å². The number of methoxy groups -OCH3 is 1. The third-order valence-corrected chi connectivity index (χ3v) is 7.37. The Labute approximate surface area is 236 Å². The average molecular weight is 543 g/mol. The number of carbonyl (C=O) groups excluding carboxylic acids is 2. The van der Waals surface area contributed by atoms with Crippen LogP contribution in [0, 0.1) is 6.92 Å². The monoisotopic (exact) mass is 542 g/mol. The minimum atomic E-state index is -0.718. The average Bonchev–Trinajstić information content (AvgIpc) is 3.24. The third-order valence-electron chi connectivity index (χ3n) is 7.37. The van der Waals surface area contributed by atoms with Crippen molar-refractivity contribution in [2.45, 2.75) is 39.8 Å².